The van der Waals surface area contributed by atoms with Crippen LogP contribution in [0.25, 0.3) is 0 Å². The number of nitrogens with one attached hydrogen (secondary N) is 1. The molecular formula is C18H28N2O2. The fourth-order valence-corrected chi connectivity index (χ4v) is 3.20. The number of anilines is 1. The molecule has 1 aliphatic rings. The molecule has 0 aromatic heterocycles. The Morgan fingerprint density at radius 3 is 2.23 bits per heavy atom. The fourth-order valence-electron chi connectivity index (χ4n) is 3.20. The van der Waals surface area contributed by atoms with E-state index >= 15 is 0 Å². The van der Waals surface area contributed by atoms with Crippen LogP contribution in [0.1, 0.15) is 38.8 Å². The zero-order valence-corrected chi connectivity index (χ0v) is 14.2. The largest absolute Gasteiger partial charge is 0.373 e. The van der Waals surface area contributed by atoms with Crippen molar-refractivity contribution in [2.45, 2.75) is 52.7 Å². The molecule has 0 saturated carbocycles. The highest BCUT2D eigenvalue weighted by molar-refractivity contribution is 5.93. The van der Waals surface area contributed by atoms with Gasteiger partial charge in [-0.05, 0) is 37.8 Å². The van der Waals surface area contributed by atoms with Gasteiger partial charge in [-0.1, -0.05) is 32.0 Å². The number of rotatable bonds is 5. The zero-order valence-electron chi connectivity index (χ0n) is 14.2. The van der Waals surface area contributed by atoms with E-state index in [1.165, 1.54) is 11.1 Å². The maximum absolute atomic E-state index is 12.4. The molecule has 0 aliphatic carbocycles. The maximum atomic E-state index is 12.4. The molecule has 1 fully saturated rings. The number of para-hydroxylation sites is 1. The highest BCUT2D eigenvalue weighted by Crippen LogP contribution is 2.22. The van der Waals surface area contributed by atoms with Crippen molar-refractivity contribution in [2.24, 2.45) is 0 Å². The number of hydrogen-bond acceptors (Lipinski definition) is 3. The Morgan fingerprint density at radius 1 is 1.18 bits per heavy atom. The molecule has 1 aromatic rings. The Labute approximate surface area is 133 Å². The van der Waals surface area contributed by atoms with E-state index in [-0.39, 0.29) is 18.1 Å². The van der Waals surface area contributed by atoms with E-state index in [1.807, 2.05) is 0 Å². The first-order valence-electron chi connectivity index (χ1n) is 8.31. The zero-order chi connectivity index (χ0) is 16.1. The van der Waals surface area contributed by atoms with Gasteiger partial charge < -0.3 is 10.1 Å². The minimum atomic E-state index is 0.0666. The van der Waals surface area contributed by atoms with E-state index in [1.54, 1.807) is 0 Å². The van der Waals surface area contributed by atoms with Crippen molar-refractivity contribution in [1.82, 2.24) is 4.90 Å². The minimum Gasteiger partial charge on any atom is -0.373 e. The number of nitrogens with zero attached hydrogens (tertiary/aromatic N) is 1. The van der Waals surface area contributed by atoms with Crippen molar-refractivity contribution in [3.63, 3.8) is 0 Å². The van der Waals surface area contributed by atoms with Gasteiger partial charge in [0.2, 0.25) is 5.91 Å². The number of aryl methyl sites for hydroxylation is 2. The van der Waals surface area contributed by atoms with Crippen molar-refractivity contribution in [1.29, 1.82) is 0 Å². The Hall–Kier alpha value is -1.39. The topological polar surface area (TPSA) is 41.6 Å². The van der Waals surface area contributed by atoms with Crippen molar-refractivity contribution >= 4 is 11.6 Å². The first-order chi connectivity index (χ1) is 10.5. The summed E-state index contributed by atoms with van der Waals surface area (Å²) in [5.74, 6) is 0.0666. The highest BCUT2D eigenvalue weighted by atomic mass is 16.5. The van der Waals surface area contributed by atoms with Gasteiger partial charge >= 0.3 is 0 Å². The normalized spacial score (nSPS) is 22.5. The molecule has 22 heavy (non-hydrogen) atoms. The maximum Gasteiger partial charge on any atom is 0.238 e. The van der Waals surface area contributed by atoms with Crippen LogP contribution in [-0.4, -0.2) is 42.6 Å². The molecule has 1 N–H and O–H groups in total. The lowest BCUT2D eigenvalue weighted by Crippen LogP contribution is -2.48. The standard InChI is InChI=1S/C18H28N2O2/c1-5-15-8-7-9-16(6-2)18(15)19-17(21)12-20-10-13(3)22-14(4)11-20/h7-9,13-14H,5-6,10-12H2,1-4H3,(H,19,21)/t13-,14-/m0/s1. The number of carbonyl (C=O) groups excluding carboxylic acids is 1. The van der Waals surface area contributed by atoms with E-state index in [0.29, 0.717) is 6.54 Å². The van der Waals surface area contributed by atoms with Crippen LogP contribution in [0.2, 0.25) is 0 Å². The average molecular weight is 304 g/mol. The quantitative estimate of drug-likeness (QED) is 0.909. The van der Waals surface area contributed by atoms with Crippen molar-refractivity contribution < 1.29 is 9.53 Å². The molecule has 1 aliphatic heterocycles. The molecule has 2 rings (SSSR count). The van der Waals surface area contributed by atoms with Gasteiger partial charge in [0, 0.05) is 18.8 Å². The van der Waals surface area contributed by atoms with Gasteiger partial charge in [0.1, 0.15) is 0 Å². The fraction of sp³-hybridized carbons (Fsp3) is 0.611. The van der Waals surface area contributed by atoms with E-state index in [4.69, 9.17) is 4.74 Å². The van der Waals surface area contributed by atoms with Crippen LogP contribution in [0.15, 0.2) is 18.2 Å². The average Bonchev–Trinajstić information content (AvgIpc) is 2.46. The molecular weight excluding hydrogens is 276 g/mol. The van der Waals surface area contributed by atoms with Gasteiger partial charge in [-0.3, -0.25) is 9.69 Å². The SMILES string of the molecule is CCc1cccc(CC)c1NC(=O)CN1C[C@H](C)O[C@@H](C)C1. The van der Waals surface area contributed by atoms with Crippen LogP contribution in [0.3, 0.4) is 0 Å². The number of hydrogen-bond donors (Lipinski definition) is 1. The second-order valence-corrected chi connectivity index (χ2v) is 6.16. The van der Waals surface area contributed by atoms with Gasteiger partial charge in [-0.2, -0.15) is 0 Å². The number of benzene rings is 1. The third kappa shape index (κ3) is 4.31. The predicted molar refractivity (Wildman–Crippen MR) is 90.3 cm³/mol. The van der Waals surface area contributed by atoms with Crippen LogP contribution in [-0.2, 0) is 22.4 Å². The minimum absolute atomic E-state index is 0.0666. The highest BCUT2D eigenvalue weighted by Gasteiger charge is 2.24. The molecule has 0 spiro atoms. The summed E-state index contributed by atoms with van der Waals surface area (Å²) in [6, 6.07) is 6.25. The van der Waals surface area contributed by atoms with Gasteiger partial charge in [-0.25, -0.2) is 0 Å². The Bertz CT molecular complexity index is 484. The summed E-state index contributed by atoms with van der Waals surface area (Å²) in [4.78, 5) is 14.6. The van der Waals surface area contributed by atoms with E-state index < -0.39 is 0 Å². The van der Waals surface area contributed by atoms with Crippen LogP contribution >= 0.6 is 0 Å². The van der Waals surface area contributed by atoms with Crippen LogP contribution < -0.4 is 5.32 Å². The second-order valence-electron chi connectivity index (χ2n) is 6.16. The summed E-state index contributed by atoms with van der Waals surface area (Å²) in [6.07, 6.45) is 2.22. The smallest absolute Gasteiger partial charge is 0.238 e. The molecule has 4 nitrogen and oxygen atoms in total. The Balaban J connectivity index is 2.03. The summed E-state index contributed by atoms with van der Waals surface area (Å²) < 4.78 is 5.72. The van der Waals surface area contributed by atoms with Crippen molar-refractivity contribution in [3.05, 3.63) is 29.3 Å². The molecule has 1 amide bonds. The first kappa shape index (κ1) is 17.0. The first-order valence-corrected chi connectivity index (χ1v) is 8.31. The van der Waals surface area contributed by atoms with Gasteiger partial charge in [0.25, 0.3) is 0 Å². The third-order valence-corrected chi connectivity index (χ3v) is 4.13. The number of ether oxygens (including phenoxy) is 1. The third-order valence-electron chi connectivity index (χ3n) is 4.13. The lowest BCUT2D eigenvalue weighted by molar-refractivity contribution is -0.121. The number of carbonyl (C=O) groups is 1. The molecule has 4 heteroatoms. The monoisotopic (exact) mass is 304 g/mol. The molecule has 0 unspecified atom stereocenters. The summed E-state index contributed by atoms with van der Waals surface area (Å²) >= 11 is 0. The van der Waals surface area contributed by atoms with Crippen LogP contribution in [0.5, 0.6) is 0 Å². The molecule has 1 heterocycles. The lowest BCUT2D eigenvalue weighted by atomic mass is 10.0. The van der Waals surface area contributed by atoms with E-state index in [2.05, 4.69) is 56.1 Å². The van der Waals surface area contributed by atoms with Crippen LogP contribution in [0, 0.1) is 0 Å². The summed E-state index contributed by atoms with van der Waals surface area (Å²) in [7, 11) is 0. The predicted octanol–water partition coefficient (Wildman–Crippen LogP) is 2.86. The Kier molecular flexibility index (Phi) is 5.98. The second kappa shape index (κ2) is 7.75. The summed E-state index contributed by atoms with van der Waals surface area (Å²) in [5.41, 5.74) is 3.42. The molecule has 1 aromatic carbocycles. The van der Waals surface area contributed by atoms with Gasteiger partial charge in [0.05, 0.1) is 18.8 Å². The van der Waals surface area contributed by atoms with Gasteiger partial charge in [-0.15, -0.1) is 0 Å². The van der Waals surface area contributed by atoms with Gasteiger partial charge in [0.15, 0.2) is 0 Å². The van der Waals surface area contributed by atoms with Crippen molar-refractivity contribution in [2.75, 3.05) is 25.0 Å². The van der Waals surface area contributed by atoms with Crippen molar-refractivity contribution in [3.8, 4) is 0 Å². The number of amides is 1. The molecule has 0 radical (unpaired) electrons. The van der Waals surface area contributed by atoms with E-state index in [9.17, 15) is 4.79 Å². The van der Waals surface area contributed by atoms with Crippen LogP contribution in [0.4, 0.5) is 5.69 Å². The summed E-state index contributed by atoms with van der Waals surface area (Å²) in [5, 5.41) is 3.14. The molecule has 1 saturated heterocycles. The number of morpholine rings is 1. The molecule has 2 atom stereocenters. The Morgan fingerprint density at radius 2 is 1.73 bits per heavy atom. The molecule has 122 valence electrons. The molecule has 0 bridgehead atoms. The summed E-state index contributed by atoms with van der Waals surface area (Å²) in [6.45, 7) is 10.4. The van der Waals surface area contributed by atoms with E-state index in [0.717, 1.165) is 31.6 Å². The lowest BCUT2D eigenvalue weighted by Gasteiger charge is -2.34.